The van der Waals surface area contributed by atoms with Crippen LogP contribution in [0.2, 0.25) is 0 Å². The monoisotopic (exact) mass is 183 g/mol. The van der Waals surface area contributed by atoms with Gasteiger partial charge in [0.2, 0.25) is 0 Å². The molecular weight excluding hydrogens is 170 g/mol. The summed E-state index contributed by atoms with van der Waals surface area (Å²) >= 11 is 0. The van der Waals surface area contributed by atoms with Crippen LogP contribution < -0.4 is 0 Å². The van der Waals surface area contributed by atoms with Gasteiger partial charge in [-0.3, -0.25) is 0 Å². The fraction of sp³-hybridized carbons (Fsp3) is 0.231. The molecule has 1 aromatic heterocycles. The third-order valence-electron chi connectivity index (χ3n) is 2.43. The van der Waals surface area contributed by atoms with E-state index in [4.69, 9.17) is 6.42 Å². The summed E-state index contributed by atoms with van der Waals surface area (Å²) in [7, 11) is 0. The smallest absolute Gasteiger partial charge is 0.0459 e. The minimum atomic E-state index is 0.705. The van der Waals surface area contributed by atoms with Gasteiger partial charge >= 0.3 is 0 Å². The Balaban J connectivity index is 2.49. The molecule has 0 bridgehead atoms. The van der Waals surface area contributed by atoms with Crippen molar-refractivity contribution in [1.82, 2.24) is 4.98 Å². The number of nitrogens with one attached hydrogen (secondary N) is 1. The molecule has 2 aromatic rings. The Morgan fingerprint density at radius 3 is 2.93 bits per heavy atom. The van der Waals surface area contributed by atoms with Crippen LogP contribution in [-0.4, -0.2) is 4.98 Å². The van der Waals surface area contributed by atoms with Crippen LogP contribution in [0.1, 0.15) is 18.2 Å². The van der Waals surface area contributed by atoms with E-state index in [0.29, 0.717) is 6.42 Å². The van der Waals surface area contributed by atoms with Crippen molar-refractivity contribution in [2.45, 2.75) is 19.8 Å². The Kier molecular flexibility index (Phi) is 2.28. The molecule has 0 aliphatic heterocycles. The second-order valence-electron chi connectivity index (χ2n) is 3.45. The molecule has 0 spiro atoms. The highest BCUT2D eigenvalue weighted by molar-refractivity contribution is 5.81. The van der Waals surface area contributed by atoms with Gasteiger partial charge in [-0.2, -0.15) is 0 Å². The fourth-order valence-electron chi connectivity index (χ4n) is 1.65. The zero-order valence-corrected chi connectivity index (χ0v) is 8.30. The first-order valence-electron chi connectivity index (χ1n) is 4.87. The van der Waals surface area contributed by atoms with Gasteiger partial charge in [-0.1, -0.05) is 19.1 Å². The van der Waals surface area contributed by atoms with E-state index >= 15 is 0 Å². The largest absolute Gasteiger partial charge is 0.358 e. The van der Waals surface area contributed by atoms with E-state index in [0.717, 1.165) is 6.42 Å². The van der Waals surface area contributed by atoms with Crippen LogP contribution in [0, 0.1) is 12.3 Å². The van der Waals surface area contributed by atoms with Gasteiger partial charge in [0.05, 0.1) is 0 Å². The lowest BCUT2D eigenvalue weighted by atomic mass is 10.1. The van der Waals surface area contributed by atoms with Gasteiger partial charge in [-0.25, -0.2) is 0 Å². The molecule has 0 aliphatic rings. The standard InChI is InChI=1S/C13H13N/c1-3-5-10-6-7-11-9-12(4-2)14-13(11)8-10/h1,6-9,14H,4-5H2,2H3. The van der Waals surface area contributed by atoms with E-state index < -0.39 is 0 Å². The number of hydrogen-bond donors (Lipinski definition) is 1. The molecule has 0 saturated heterocycles. The number of hydrogen-bond acceptors (Lipinski definition) is 0. The van der Waals surface area contributed by atoms with Crippen LogP contribution in [-0.2, 0) is 12.8 Å². The summed E-state index contributed by atoms with van der Waals surface area (Å²) in [5, 5.41) is 1.27. The minimum Gasteiger partial charge on any atom is -0.358 e. The normalized spacial score (nSPS) is 10.3. The second kappa shape index (κ2) is 3.59. The van der Waals surface area contributed by atoms with E-state index in [1.54, 1.807) is 0 Å². The molecule has 1 heterocycles. The van der Waals surface area contributed by atoms with Crippen molar-refractivity contribution in [3.63, 3.8) is 0 Å². The summed E-state index contributed by atoms with van der Waals surface area (Å²) in [6, 6.07) is 8.54. The molecule has 1 nitrogen and oxygen atoms in total. The van der Waals surface area contributed by atoms with Crippen molar-refractivity contribution in [3.05, 3.63) is 35.5 Å². The maximum atomic E-state index is 5.28. The van der Waals surface area contributed by atoms with Crippen LogP contribution in [0.3, 0.4) is 0 Å². The molecule has 1 N–H and O–H groups in total. The summed E-state index contributed by atoms with van der Waals surface area (Å²) in [5.74, 6) is 2.66. The van der Waals surface area contributed by atoms with E-state index in [1.807, 2.05) is 0 Å². The van der Waals surface area contributed by atoms with Crippen LogP contribution in [0.25, 0.3) is 10.9 Å². The summed E-state index contributed by atoms with van der Waals surface area (Å²) in [6.07, 6.45) is 7.02. The molecular formula is C13H13N. The maximum absolute atomic E-state index is 5.28. The van der Waals surface area contributed by atoms with Crippen molar-refractivity contribution >= 4 is 10.9 Å². The Morgan fingerprint density at radius 2 is 2.21 bits per heavy atom. The molecule has 0 fully saturated rings. The van der Waals surface area contributed by atoms with Gasteiger partial charge in [0.1, 0.15) is 0 Å². The molecule has 2 rings (SSSR count). The van der Waals surface area contributed by atoms with Crippen LogP contribution in [0.4, 0.5) is 0 Å². The molecule has 0 amide bonds. The number of aromatic amines is 1. The number of H-pyrrole nitrogens is 1. The first-order valence-corrected chi connectivity index (χ1v) is 4.87. The molecule has 0 atom stereocenters. The lowest BCUT2D eigenvalue weighted by Gasteiger charge is -1.94. The molecule has 0 radical (unpaired) electrons. The van der Waals surface area contributed by atoms with Crippen molar-refractivity contribution in [2.75, 3.05) is 0 Å². The molecule has 1 heteroatoms. The molecule has 0 saturated carbocycles. The second-order valence-corrected chi connectivity index (χ2v) is 3.45. The van der Waals surface area contributed by atoms with Crippen LogP contribution in [0.15, 0.2) is 24.3 Å². The average molecular weight is 183 g/mol. The number of aryl methyl sites for hydroxylation is 1. The van der Waals surface area contributed by atoms with Crippen molar-refractivity contribution in [2.24, 2.45) is 0 Å². The topological polar surface area (TPSA) is 15.8 Å². The first-order chi connectivity index (χ1) is 6.83. The van der Waals surface area contributed by atoms with Crippen LogP contribution in [0.5, 0.6) is 0 Å². The summed E-state index contributed by atoms with van der Waals surface area (Å²) in [5.41, 5.74) is 3.66. The molecule has 14 heavy (non-hydrogen) atoms. The summed E-state index contributed by atoms with van der Waals surface area (Å²) in [4.78, 5) is 3.38. The van der Waals surface area contributed by atoms with E-state index in [1.165, 1.54) is 22.2 Å². The molecule has 0 unspecified atom stereocenters. The van der Waals surface area contributed by atoms with Gasteiger partial charge in [0.25, 0.3) is 0 Å². The van der Waals surface area contributed by atoms with E-state index in [-0.39, 0.29) is 0 Å². The highest BCUT2D eigenvalue weighted by atomic mass is 14.7. The van der Waals surface area contributed by atoms with Gasteiger partial charge in [0, 0.05) is 17.6 Å². The lowest BCUT2D eigenvalue weighted by molar-refractivity contribution is 1.07. The van der Waals surface area contributed by atoms with Gasteiger partial charge < -0.3 is 4.98 Å². The quantitative estimate of drug-likeness (QED) is 0.689. The molecule has 0 aliphatic carbocycles. The SMILES string of the molecule is C#CCc1ccc2cc(CC)[nH]c2c1. The van der Waals surface area contributed by atoms with E-state index in [9.17, 15) is 0 Å². The fourth-order valence-corrected chi connectivity index (χ4v) is 1.65. The third kappa shape index (κ3) is 1.52. The Hall–Kier alpha value is -1.68. The number of aromatic nitrogens is 1. The van der Waals surface area contributed by atoms with Crippen LogP contribution >= 0.6 is 0 Å². The molecule has 1 aromatic carbocycles. The summed E-state index contributed by atoms with van der Waals surface area (Å²) < 4.78 is 0. The number of benzene rings is 1. The lowest BCUT2D eigenvalue weighted by Crippen LogP contribution is -1.80. The Morgan fingerprint density at radius 1 is 1.36 bits per heavy atom. The minimum absolute atomic E-state index is 0.705. The zero-order chi connectivity index (χ0) is 9.97. The summed E-state index contributed by atoms with van der Waals surface area (Å²) in [6.45, 7) is 2.15. The third-order valence-corrected chi connectivity index (χ3v) is 2.43. The number of terminal acetylenes is 1. The maximum Gasteiger partial charge on any atom is 0.0459 e. The predicted molar refractivity (Wildman–Crippen MR) is 60.2 cm³/mol. The highest BCUT2D eigenvalue weighted by Crippen LogP contribution is 2.17. The van der Waals surface area contributed by atoms with Crippen molar-refractivity contribution in [3.8, 4) is 12.3 Å². The van der Waals surface area contributed by atoms with Gasteiger partial charge in [0.15, 0.2) is 0 Å². The molecule has 70 valence electrons. The Bertz CT molecular complexity index is 485. The number of rotatable bonds is 2. The Labute approximate surface area is 84.1 Å². The first kappa shape index (κ1) is 8.90. The van der Waals surface area contributed by atoms with Crippen molar-refractivity contribution < 1.29 is 0 Å². The average Bonchev–Trinajstić information content (AvgIpc) is 2.60. The van der Waals surface area contributed by atoms with Gasteiger partial charge in [-0.05, 0) is 29.5 Å². The van der Waals surface area contributed by atoms with E-state index in [2.05, 4.69) is 42.1 Å². The number of fused-ring (bicyclic) bond motifs is 1. The highest BCUT2D eigenvalue weighted by Gasteiger charge is 1.99. The van der Waals surface area contributed by atoms with Gasteiger partial charge in [-0.15, -0.1) is 12.3 Å². The van der Waals surface area contributed by atoms with Crippen molar-refractivity contribution in [1.29, 1.82) is 0 Å². The zero-order valence-electron chi connectivity index (χ0n) is 8.30. The predicted octanol–water partition coefficient (Wildman–Crippen LogP) is 2.91.